The molecule has 1 spiro atoms. The molecule has 0 saturated heterocycles. The molecule has 0 amide bonds. The van der Waals surface area contributed by atoms with Gasteiger partial charge in [0.05, 0.1) is 19.4 Å². The van der Waals surface area contributed by atoms with E-state index in [0.29, 0.717) is 48.7 Å². The highest BCUT2D eigenvalue weighted by Gasteiger charge is 2.54. The number of halogens is 1. The van der Waals surface area contributed by atoms with Crippen LogP contribution in [0.25, 0.3) is 23.4 Å². The number of carbonyl (C=O) groups is 1. The second kappa shape index (κ2) is 19.1. The molecule has 10 heteroatoms. The average molecular weight is 890 g/mol. The van der Waals surface area contributed by atoms with Crippen molar-refractivity contribution in [3.05, 3.63) is 160 Å². The lowest BCUT2D eigenvalue weighted by Crippen LogP contribution is -2.53. The van der Waals surface area contributed by atoms with Gasteiger partial charge in [-0.1, -0.05) is 74.0 Å². The number of aromatic nitrogens is 3. The Morgan fingerprint density at radius 3 is 2.57 bits per heavy atom. The summed E-state index contributed by atoms with van der Waals surface area (Å²) in [6.07, 6.45) is 15.3. The van der Waals surface area contributed by atoms with Gasteiger partial charge in [-0.05, 0) is 170 Å². The fourth-order valence-electron chi connectivity index (χ4n) is 10.8. The van der Waals surface area contributed by atoms with Crippen molar-refractivity contribution in [2.24, 2.45) is 11.8 Å². The predicted octanol–water partition coefficient (Wildman–Crippen LogP) is 12.4. The Morgan fingerprint density at radius 1 is 0.908 bits per heavy atom. The highest BCUT2D eigenvalue weighted by molar-refractivity contribution is 6.30. The van der Waals surface area contributed by atoms with E-state index in [9.17, 15) is 9.90 Å². The van der Waals surface area contributed by atoms with Crippen LogP contribution in [0.1, 0.15) is 104 Å². The van der Waals surface area contributed by atoms with Gasteiger partial charge in [0.15, 0.2) is 5.82 Å². The van der Waals surface area contributed by atoms with Gasteiger partial charge in [0, 0.05) is 39.9 Å². The molecular formula is C55H57ClN4O5. The summed E-state index contributed by atoms with van der Waals surface area (Å²) in [7, 11) is 1.66. The second-order valence-electron chi connectivity index (χ2n) is 18.4. The molecule has 334 valence electrons. The smallest absolute Gasteiger partial charge is 0.329 e. The number of para-hydroxylation sites is 1. The van der Waals surface area contributed by atoms with E-state index in [1.807, 2.05) is 72.9 Å². The number of hydrogen-bond acceptors (Lipinski definition) is 8. The molecule has 9 nitrogen and oxygen atoms in total. The summed E-state index contributed by atoms with van der Waals surface area (Å²) in [5, 5.41) is 14.8. The van der Waals surface area contributed by atoms with Gasteiger partial charge >= 0.3 is 5.97 Å². The number of rotatable bonds is 15. The highest BCUT2D eigenvalue weighted by atomic mass is 35.5. The molecule has 1 fully saturated rings. The summed E-state index contributed by atoms with van der Waals surface area (Å²) in [6, 6.07) is 34.0. The molecular weight excluding hydrogens is 832 g/mol. The molecule has 1 unspecified atom stereocenters. The second-order valence-corrected chi connectivity index (χ2v) is 18.8. The summed E-state index contributed by atoms with van der Waals surface area (Å²) >= 11 is 6.35. The number of benzene rings is 4. The molecule has 2 heterocycles. The van der Waals surface area contributed by atoms with Crippen molar-refractivity contribution < 1.29 is 24.1 Å². The largest absolute Gasteiger partial charge is 0.496 e. The van der Waals surface area contributed by atoms with Gasteiger partial charge in [0.25, 0.3) is 0 Å². The Balaban J connectivity index is 0.927. The number of pyridine rings is 1. The zero-order valence-corrected chi connectivity index (χ0v) is 38.2. The van der Waals surface area contributed by atoms with Crippen LogP contribution in [-0.2, 0) is 29.7 Å². The Bertz CT molecular complexity index is 2690. The van der Waals surface area contributed by atoms with E-state index in [-0.39, 0.29) is 11.3 Å². The number of carboxylic acids is 1. The molecule has 2 aromatic heterocycles. The molecule has 9 rings (SSSR count). The first-order valence-electron chi connectivity index (χ1n) is 23.0. The summed E-state index contributed by atoms with van der Waals surface area (Å²) in [4.78, 5) is 27.1. The van der Waals surface area contributed by atoms with Crippen molar-refractivity contribution in [1.29, 1.82) is 0 Å². The van der Waals surface area contributed by atoms with E-state index in [0.717, 1.165) is 83.8 Å². The fraction of sp³-hybridized carbons (Fsp3) is 0.345. The molecule has 0 bridgehead atoms. The van der Waals surface area contributed by atoms with Crippen LogP contribution < -0.4 is 19.5 Å². The molecule has 4 aromatic carbocycles. The Labute approximate surface area is 387 Å². The van der Waals surface area contributed by atoms with E-state index in [1.165, 1.54) is 28.8 Å². The number of anilines is 1. The number of hydrogen-bond donors (Lipinski definition) is 2. The maximum Gasteiger partial charge on any atom is 0.329 e. The third-order valence-corrected chi connectivity index (χ3v) is 14.3. The first-order chi connectivity index (χ1) is 31.6. The predicted molar refractivity (Wildman–Crippen MR) is 258 cm³/mol. The normalized spacial score (nSPS) is 21.7. The van der Waals surface area contributed by atoms with Crippen LogP contribution in [0.2, 0.25) is 5.02 Å². The zero-order valence-electron chi connectivity index (χ0n) is 37.4. The van der Waals surface area contributed by atoms with Crippen LogP contribution >= 0.6 is 11.6 Å². The molecule has 0 aliphatic heterocycles. The number of nitrogens with zero attached hydrogens (tertiary/aromatic N) is 3. The van der Waals surface area contributed by atoms with E-state index < -0.39 is 11.5 Å². The minimum Gasteiger partial charge on any atom is -0.496 e. The lowest BCUT2D eigenvalue weighted by molar-refractivity contribution is -0.144. The third kappa shape index (κ3) is 9.48. The summed E-state index contributed by atoms with van der Waals surface area (Å²) < 4.78 is 18.8. The number of fused-ring (bicyclic) bond motifs is 3. The van der Waals surface area contributed by atoms with Gasteiger partial charge in [-0.2, -0.15) is 0 Å². The van der Waals surface area contributed by atoms with Gasteiger partial charge in [-0.3, -0.25) is 4.98 Å². The molecule has 6 aromatic rings. The number of carboxylic acid groups (broad SMARTS) is 1. The van der Waals surface area contributed by atoms with Crippen molar-refractivity contribution in [3.63, 3.8) is 0 Å². The average Bonchev–Trinajstić information content (AvgIpc) is 3.61. The van der Waals surface area contributed by atoms with Gasteiger partial charge in [-0.15, -0.1) is 0 Å². The standard InChI is InChI=1S/C55H57ClN4O5/c1-36(34-65-50-22-28-57-48-15-6-9-37(2)52(48)50)29-41-31-40-18-19-44(33-46(40)54(41)23-25-55(26-24-54,53(61)62)60-43-13-8-12-42(56)32-43)64-35-39-11-7-10-38(30-39)17-20-51-58-27-21-47(59-51)45-14-4-5-16-49(45)63-3/h4-5,7-8,10-14,16-22,27-28,30,32-33,36-37,41,60H,6,9,15,23-26,29,31,34-35H2,1-3H3,(H,61,62)/b20-17+/t36-,37-,41?,54?,55?/m1/s1. The van der Waals surface area contributed by atoms with Gasteiger partial charge in [-0.25, -0.2) is 14.8 Å². The van der Waals surface area contributed by atoms with Crippen LogP contribution in [0.5, 0.6) is 17.2 Å². The quantitative estimate of drug-likeness (QED) is 0.104. The maximum atomic E-state index is 13.2. The topological polar surface area (TPSA) is 116 Å². The fourth-order valence-corrected chi connectivity index (χ4v) is 10.9. The minimum atomic E-state index is -1.10. The molecule has 3 atom stereocenters. The number of aryl methyl sites for hydroxylation is 1. The lowest BCUT2D eigenvalue weighted by atomic mass is 9.59. The monoisotopic (exact) mass is 888 g/mol. The maximum absolute atomic E-state index is 13.2. The van der Waals surface area contributed by atoms with Crippen molar-refractivity contribution in [1.82, 2.24) is 15.0 Å². The third-order valence-electron chi connectivity index (χ3n) is 14.1. The number of methoxy groups -OCH3 is 1. The van der Waals surface area contributed by atoms with Crippen LogP contribution in [-0.4, -0.2) is 45.3 Å². The van der Waals surface area contributed by atoms with Crippen LogP contribution in [0.15, 0.2) is 116 Å². The van der Waals surface area contributed by atoms with Crippen LogP contribution in [0, 0.1) is 11.8 Å². The summed E-state index contributed by atoms with van der Waals surface area (Å²) in [5.74, 6) is 3.36. The van der Waals surface area contributed by atoms with E-state index in [4.69, 9.17) is 35.8 Å². The minimum absolute atomic E-state index is 0.210. The molecule has 65 heavy (non-hydrogen) atoms. The molecule has 3 aliphatic rings. The molecule has 2 N–H and O–H groups in total. The van der Waals surface area contributed by atoms with Crippen LogP contribution in [0.4, 0.5) is 5.69 Å². The summed E-state index contributed by atoms with van der Waals surface area (Å²) in [6.45, 7) is 5.59. The van der Waals surface area contributed by atoms with Crippen molar-refractivity contribution in [2.45, 2.75) is 95.1 Å². The number of aliphatic carboxylic acids is 1. The van der Waals surface area contributed by atoms with E-state index in [1.54, 1.807) is 25.4 Å². The first kappa shape index (κ1) is 44.0. The van der Waals surface area contributed by atoms with E-state index >= 15 is 0 Å². The number of nitrogens with one attached hydrogen (secondary N) is 1. The molecule has 1 saturated carbocycles. The SMILES string of the molecule is COc1ccccc1-c1ccnc(/C=C/c2cccc(COc3ccc4c(c3)C3(CCC(Nc5cccc(Cl)c5)(C(=O)O)CC3)C(C[C@@H](C)COc3ccnc5c3[C@H](C)CCC5)C4)c2)n1. The first-order valence-corrected chi connectivity index (χ1v) is 23.4. The Morgan fingerprint density at radius 2 is 1.74 bits per heavy atom. The van der Waals surface area contributed by atoms with Gasteiger partial charge < -0.3 is 24.6 Å². The Kier molecular flexibility index (Phi) is 12.9. The zero-order chi connectivity index (χ0) is 45.0. The van der Waals surface area contributed by atoms with Crippen LogP contribution in [0.3, 0.4) is 0 Å². The lowest BCUT2D eigenvalue weighted by Gasteiger charge is -2.47. The Hall–Kier alpha value is -6.19. The van der Waals surface area contributed by atoms with Gasteiger partial charge in [0.2, 0.25) is 0 Å². The highest BCUT2D eigenvalue weighted by Crippen LogP contribution is 2.57. The van der Waals surface area contributed by atoms with Crippen molar-refractivity contribution in [2.75, 3.05) is 19.0 Å². The van der Waals surface area contributed by atoms with Crippen molar-refractivity contribution >= 4 is 35.4 Å². The van der Waals surface area contributed by atoms with Crippen molar-refractivity contribution in [3.8, 4) is 28.5 Å². The molecule has 0 radical (unpaired) electrons. The van der Waals surface area contributed by atoms with E-state index in [2.05, 4.69) is 60.5 Å². The van der Waals surface area contributed by atoms with Gasteiger partial charge in [0.1, 0.15) is 29.4 Å². The summed E-state index contributed by atoms with van der Waals surface area (Å²) in [5.41, 5.74) is 8.23. The molecule has 3 aliphatic carbocycles. The number of ether oxygens (including phenoxy) is 3.